The Morgan fingerprint density at radius 3 is 2.65 bits per heavy atom. The maximum absolute atomic E-state index is 11.5. The summed E-state index contributed by atoms with van der Waals surface area (Å²) in [5.74, 6) is 5.28. The standard InChI is InChI=1S/C13H14Br2O2/c1-3(16)17-13-9-5-2-4-6(7(5)12(13)15)10(13)11(14)8(4)9/h4-12H,2H2,1H3/t4-,5+,6-,7-,8+,9-,10-,11+,12+,13+/m0/s1. The van der Waals surface area contributed by atoms with Crippen LogP contribution < -0.4 is 0 Å². The van der Waals surface area contributed by atoms with Crippen LogP contribution in [0.1, 0.15) is 13.3 Å². The molecule has 17 heavy (non-hydrogen) atoms. The second-order valence-electron chi connectivity index (χ2n) is 6.64. The van der Waals surface area contributed by atoms with E-state index < -0.39 is 0 Å². The average molecular weight is 362 g/mol. The van der Waals surface area contributed by atoms with Gasteiger partial charge in [-0.05, 0) is 36.0 Å². The van der Waals surface area contributed by atoms with Gasteiger partial charge in [0, 0.05) is 23.6 Å². The number of alkyl halides is 2. The van der Waals surface area contributed by atoms with Gasteiger partial charge in [0.15, 0.2) is 0 Å². The molecule has 0 aromatic rings. The second kappa shape index (κ2) is 2.65. The van der Waals surface area contributed by atoms with Gasteiger partial charge in [-0.1, -0.05) is 31.9 Å². The largest absolute Gasteiger partial charge is 0.457 e. The van der Waals surface area contributed by atoms with Crippen molar-refractivity contribution in [1.82, 2.24) is 0 Å². The van der Waals surface area contributed by atoms with E-state index >= 15 is 0 Å². The van der Waals surface area contributed by atoms with Crippen LogP contribution in [0.15, 0.2) is 0 Å². The maximum Gasteiger partial charge on any atom is 0.303 e. The molecule has 6 fully saturated rings. The maximum atomic E-state index is 11.5. The van der Waals surface area contributed by atoms with E-state index in [0.717, 1.165) is 29.6 Å². The predicted molar refractivity (Wildman–Crippen MR) is 69.0 cm³/mol. The molecule has 0 amide bonds. The summed E-state index contributed by atoms with van der Waals surface area (Å²) < 4.78 is 5.94. The Hall–Kier alpha value is 0.430. The number of ether oxygens (including phenoxy) is 1. The Morgan fingerprint density at radius 2 is 1.94 bits per heavy atom. The summed E-state index contributed by atoms with van der Waals surface area (Å²) in [6.45, 7) is 1.57. The number of rotatable bonds is 1. The Labute approximate surface area is 117 Å². The molecule has 0 aromatic heterocycles. The van der Waals surface area contributed by atoms with Crippen molar-refractivity contribution in [3.8, 4) is 0 Å². The van der Waals surface area contributed by atoms with Gasteiger partial charge >= 0.3 is 5.97 Å². The number of carbonyl (C=O) groups is 1. The van der Waals surface area contributed by atoms with E-state index in [0.29, 0.717) is 21.5 Å². The molecule has 0 N–H and O–H groups in total. The minimum atomic E-state index is -0.155. The first kappa shape index (κ1) is 10.2. The highest BCUT2D eigenvalue weighted by Gasteiger charge is 2.90. The molecule has 92 valence electrons. The van der Waals surface area contributed by atoms with Crippen molar-refractivity contribution in [3.05, 3.63) is 0 Å². The lowest BCUT2D eigenvalue weighted by Gasteiger charge is -2.41. The molecule has 10 atom stereocenters. The first-order valence-electron chi connectivity index (χ1n) is 6.56. The van der Waals surface area contributed by atoms with Crippen molar-refractivity contribution < 1.29 is 9.53 Å². The summed E-state index contributed by atoms with van der Waals surface area (Å²) >= 11 is 7.83. The smallest absolute Gasteiger partial charge is 0.303 e. The van der Waals surface area contributed by atoms with Crippen molar-refractivity contribution in [2.24, 2.45) is 41.4 Å². The van der Waals surface area contributed by atoms with E-state index in [1.165, 1.54) is 6.42 Å². The monoisotopic (exact) mass is 360 g/mol. The zero-order chi connectivity index (χ0) is 11.7. The molecular formula is C13H14Br2O2. The number of hydrogen-bond acceptors (Lipinski definition) is 2. The number of esters is 1. The molecule has 2 nitrogen and oxygen atoms in total. The van der Waals surface area contributed by atoms with Crippen LogP contribution in [0.2, 0.25) is 0 Å². The van der Waals surface area contributed by atoms with Crippen molar-refractivity contribution in [1.29, 1.82) is 0 Å². The lowest BCUT2D eigenvalue weighted by atomic mass is 9.69. The zero-order valence-corrected chi connectivity index (χ0v) is 12.6. The minimum Gasteiger partial charge on any atom is -0.457 e. The number of carbonyl (C=O) groups excluding carboxylic acids is 1. The predicted octanol–water partition coefficient (Wildman–Crippen LogP) is 2.59. The molecule has 0 aliphatic heterocycles. The third-order valence-corrected chi connectivity index (χ3v) is 9.11. The highest BCUT2D eigenvalue weighted by Crippen LogP contribution is 2.86. The topological polar surface area (TPSA) is 26.3 Å². The molecular weight excluding hydrogens is 348 g/mol. The third-order valence-electron chi connectivity index (χ3n) is 6.60. The Balaban J connectivity index is 1.74. The SMILES string of the molecule is CC(=O)O[C@]12[C@@H]3[C@H](Br)[C@@H]4[C@H]5C[C@H]([C@@H]([C@H]53)[C@H]1Br)[C@@H]42. The van der Waals surface area contributed by atoms with E-state index in [1.54, 1.807) is 6.92 Å². The molecule has 4 heteroatoms. The van der Waals surface area contributed by atoms with Crippen molar-refractivity contribution in [2.45, 2.75) is 28.6 Å². The number of halogens is 2. The molecule has 0 aromatic carbocycles. The van der Waals surface area contributed by atoms with Gasteiger partial charge in [-0.25, -0.2) is 0 Å². The van der Waals surface area contributed by atoms with E-state index in [1.807, 2.05) is 0 Å². The molecule has 0 saturated heterocycles. The van der Waals surface area contributed by atoms with Crippen LogP contribution in [0.25, 0.3) is 0 Å². The van der Waals surface area contributed by atoms with Crippen molar-refractivity contribution in [3.63, 3.8) is 0 Å². The van der Waals surface area contributed by atoms with Gasteiger partial charge in [-0.3, -0.25) is 4.79 Å². The first-order chi connectivity index (χ1) is 8.09. The summed E-state index contributed by atoms with van der Waals surface area (Å²) in [5, 5.41) is 0. The van der Waals surface area contributed by atoms with Crippen LogP contribution in [0.5, 0.6) is 0 Å². The summed E-state index contributed by atoms with van der Waals surface area (Å²) in [5.41, 5.74) is -0.155. The number of hydrogen-bond donors (Lipinski definition) is 0. The Morgan fingerprint density at radius 1 is 1.18 bits per heavy atom. The van der Waals surface area contributed by atoms with Crippen molar-refractivity contribution in [2.75, 3.05) is 0 Å². The van der Waals surface area contributed by atoms with Crippen LogP contribution in [0.4, 0.5) is 0 Å². The summed E-state index contributed by atoms with van der Waals surface area (Å²) in [4.78, 5) is 12.6. The zero-order valence-electron chi connectivity index (χ0n) is 9.48. The van der Waals surface area contributed by atoms with Gasteiger partial charge in [0.05, 0.1) is 4.83 Å². The molecule has 0 unspecified atom stereocenters. The lowest BCUT2D eigenvalue weighted by molar-refractivity contribution is -0.167. The fourth-order valence-electron chi connectivity index (χ4n) is 6.87. The van der Waals surface area contributed by atoms with E-state index in [9.17, 15) is 4.79 Å². The fourth-order valence-corrected chi connectivity index (χ4v) is 9.81. The highest BCUT2D eigenvalue weighted by molar-refractivity contribution is 9.10. The normalized spacial score (nSPS) is 72.1. The Bertz CT molecular complexity index is 449. The van der Waals surface area contributed by atoms with Gasteiger partial charge in [-0.2, -0.15) is 0 Å². The van der Waals surface area contributed by atoms with Crippen LogP contribution in [0.3, 0.4) is 0 Å². The van der Waals surface area contributed by atoms with Crippen LogP contribution in [0, 0.1) is 41.4 Å². The molecule has 0 heterocycles. The molecule has 6 saturated carbocycles. The molecule has 6 rings (SSSR count). The fraction of sp³-hybridized carbons (Fsp3) is 0.923. The molecule has 0 radical (unpaired) electrons. The highest BCUT2D eigenvalue weighted by atomic mass is 79.9. The summed E-state index contributed by atoms with van der Waals surface area (Å²) in [7, 11) is 0. The van der Waals surface area contributed by atoms with Crippen molar-refractivity contribution >= 4 is 37.8 Å². The summed E-state index contributed by atoms with van der Waals surface area (Å²) in [6.07, 6.45) is 1.40. The molecule has 6 bridgehead atoms. The van der Waals surface area contributed by atoms with Gasteiger partial charge in [0.2, 0.25) is 0 Å². The van der Waals surface area contributed by atoms with Gasteiger partial charge in [0.1, 0.15) is 5.60 Å². The molecule has 0 spiro atoms. The van der Waals surface area contributed by atoms with Gasteiger partial charge in [0.25, 0.3) is 0 Å². The van der Waals surface area contributed by atoms with Crippen LogP contribution >= 0.6 is 31.9 Å². The molecule has 6 aliphatic carbocycles. The average Bonchev–Trinajstić information content (AvgIpc) is 2.93. The van der Waals surface area contributed by atoms with Gasteiger partial charge in [-0.15, -0.1) is 0 Å². The van der Waals surface area contributed by atoms with Gasteiger partial charge < -0.3 is 4.74 Å². The Kier molecular flexibility index (Phi) is 1.60. The van der Waals surface area contributed by atoms with Crippen LogP contribution in [-0.4, -0.2) is 21.2 Å². The lowest BCUT2D eigenvalue weighted by Crippen LogP contribution is -2.49. The van der Waals surface area contributed by atoms with Crippen LogP contribution in [-0.2, 0) is 9.53 Å². The van der Waals surface area contributed by atoms with E-state index in [4.69, 9.17) is 4.74 Å². The third kappa shape index (κ3) is 0.752. The van der Waals surface area contributed by atoms with E-state index in [2.05, 4.69) is 31.9 Å². The first-order valence-corrected chi connectivity index (χ1v) is 8.40. The molecule has 6 aliphatic rings. The minimum absolute atomic E-state index is 0.0924. The second-order valence-corrected chi connectivity index (χ2v) is 8.68. The quantitative estimate of drug-likeness (QED) is 0.530. The van der Waals surface area contributed by atoms with E-state index in [-0.39, 0.29) is 11.6 Å². The summed E-state index contributed by atoms with van der Waals surface area (Å²) in [6, 6.07) is 0.